The van der Waals surface area contributed by atoms with Gasteiger partial charge in [-0.1, -0.05) is 19.1 Å². The summed E-state index contributed by atoms with van der Waals surface area (Å²) < 4.78 is 0. The summed E-state index contributed by atoms with van der Waals surface area (Å²) in [5, 5.41) is 0.532. The summed E-state index contributed by atoms with van der Waals surface area (Å²) in [6.07, 6.45) is 0. The molecule has 0 aromatic heterocycles. The normalized spacial score (nSPS) is 20.9. The molecule has 1 aliphatic heterocycles. The molecule has 1 aromatic carbocycles. The van der Waals surface area contributed by atoms with Crippen molar-refractivity contribution in [2.75, 3.05) is 18.8 Å². The van der Waals surface area contributed by atoms with Gasteiger partial charge in [0.15, 0.2) is 0 Å². The molecule has 1 aromatic rings. The quantitative estimate of drug-likeness (QED) is 0.776. The number of benzene rings is 1. The third kappa shape index (κ3) is 2.55. The van der Waals surface area contributed by atoms with Gasteiger partial charge in [0.05, 0.1) is 5.56 Å². The van der Waals surface area contributed by atoms with E-state index < -0.39 is 0 Å². The second-order valence-corrected chi connectivity index (χ2v) is 5.98. The number of amides is 1. The molecule has 4 heteroatoms. The Morgan fingerprint density at radius 2 is 2.25 bits per heavy atom. The van der Waals surface area contributed by atoms with Crippen molar-refractivity contribution in [3.8, 4) is 0 Å². The van der Waals surface area contributed by atoms with Crippen LogP contribution in [0.2, 0.25) is 0 Å². The summed E-state index contributed by atoms with van der Waals surface area (Å²) >= 11 is 6.25. The van der Waals surface area contributed by atoms with Gasteiger partial charge in [0, 0.05) is 29.0 Å². The van der Waals surface area contributed by atoms with Crippen LogP contribution >= 0.6 is 24.4 Å². The number of hydrogen-bond donors (Lipinski definition) is 1. The molecule has 0 bridgehead atoms. The van der Waals surface area contributed by atoms with Gasteiger partial charge in [0.25, 0.3) is 5.91 Å². The Morgan fingerprint density at radius 3 is 2.94 bits per heavy atom. The molecular weight excluding hydrogens is 238 g/mol. The predicted molar refractivity (Wildman–Crippen MR) is 71.5 cm³/mol. The Bertz CT molecular complexity index is 394. The van der Waals surface area contributed by atoms with Gasteiger partial charge in [0.2, 0.25) is 0 Å². The zero-order valence-corrected chi connectivity index (χ0v) is 10.9. The maximum Gasteiger partial charge on any atom is 0.255 e. The van der Waals surface area contributed by atoms with Crippen LogP contribution in [0.3, 0.4) is 0 Å². The number of rotatable bonds is 1. The third-order valence-corrected chi connectivity index (χ3v) is 4.19. The summed E-state index contributed by atoms with van der Waals surface area (Å²) in [5.74, 6) is 1.14. The molecule has 16 heavy (non-hydrogen) atoms. The van der Waals surface area contributed by atoms with Gasteiger partial charge < -0.3 is 4.90 Å². The van der Waals surface area contributed by atoms with Gasteiger partial charge in [-0.05, 0) is 12.1 Å². The molecule has 1 unspecified atom stereocenters. The highest BCUT2D eigenvalue weighted by atomic mass is 32.2. The lowest BCUT2D eigenvalue weighted by molar-refractivity contribution is 0.0760. The van der Waals surface area contributed by atoms with Crippen molar-refractivity contribution in [3.05, 3.63) is 29.8 Å². The molecule has 0 spiro atoms. The fraction of sp³-hybridized carbons (Fsp3) is 0.417. The monoisotopic (exact) mass is 253 g/mol. The standard InChI is InChI=1S/C12H15NOS2/c1-9-8-13(6-7-16-9)12(14)10-4-2-3-5-11(10)15/h2-5,9,15H,6-8H2,1H3. The lowest BCUT2D eigenvalue weighted by Crippen LogP contribution is -2.41. The van der Waals surface area contributed by atoms with Gasteiger partial charge in [0.1, 0.15) is 0 Å². The Balaban J connectivity index is 2.16. The van der Waals surface area contributed by atoms with E-state index in [1.165, 1.54) is 0 Å². The van der Waals surface area contributed by atoms with Crippen LogP contribution in [-0.2, 0) is 0 Å². The second kappa shape index (κ2) is 5.15. The number of nitrogens with zero attached hydrogens (tertiary/aromatic N) is 1. The van der Waals surface area contributed by atoms with Crippen LogP contribution in [0.4, 0.5) is 0 Å². The Hall–Kier alpha value is -0.610. The summed E-state index contributed by atoms with van der Waals surface area (Å²) in [4.78, 5) is 14.9. The number of hydrogen-bond acceptors (Lipinski definition) is 3. The first kappa shape index (κ1) is 11.9. The smallest absolute Gasteiger partial charge is 0.255 e. The van der Waals surface area contributed by atoms with Gasteiger partial charge >= 0.3 is 0 Å². The highest BCUT2D eigenvalue weighted by molar-refractivity contribution is 7.99. The molecule has 1 aliphatic rings. The van der Waals surface area contributed by atoms with E-state index in [0.29, 0.717) is 10.8 Å². The highest BCUT2D eigenvalue weighted by Gasteiger charge is 2.23. The van der Waals surface area contributed by atoms with E-state index in [1.54, 1.807) is 0 Å². The molecule has 1 heterocycles. The Morgan fingerprint density at radius 1 is 1.50 bits per heavy atom. The molecule has 1 atom stereocenters. The molecule has 1 saturated heterocycles. The van der Waals surface area contributed by atoms with Crippen LogP contribution in [0.1, 0.15) is 17.3 Å². The molecule has 2 rings (SSSR count). The maximum atomic E-state index is 12.2. The van der Waals surface area contributed by atoms with Crippen LogP contribution in [0.15, 0.2) is 29.2 Å². The predicted octanol–water partition coefficient (Wildman–Crippen LogP) is 2.55. The Kier molecular flexibility index (Phi) is 3.82. The van der Waals surface area contributed by atoms with Crippen molar-refractivity contribution in [2.24, 2.45) is 0 Å². The van der Waals surface area contributed by atoms with Crippen LogP contribution in [0, 0.1) is 0 Å². The van der Waals surface area contributed by atoms with Crippen molar-refractivity contribution >= 4 is 30.3 Å². The van der Waals surface area contributed by atoms with E-state index >= 15 is 0 Å². The maximum absolute atomic E-state index is 12.2. The van der Waals surface area contributed by atoms with Crippen molar-refractivity contribution in [1.82, 2.24) is 4.90 Å². The van der Waals surface area contributed by atoms with Crippen molar-refractivity contribution in [3.63, 3.8) is 0 Å². The highest BCUT2D eigenvalue weighted by Crippen LogP contribution is 2.21. The first-order valence-electron chi connectivity index (χ1n) is 5.37. The van der Waals surface area contributed by atoms with Gasteiger partial charge in [-0.15, -0.1) is 12.6 Å². The topological polar surface area (TPSA) is 20.3 Å². The summed E-state index contributed by atoms with van der Waals surface area (Å²) in [5.41, 5.74) is 0.713. The van der Waals surface area contributed by atoms with E-state index in [0.717, 1.165) is 23.7 Å². The number of thiol groups is 1. The number of carbonyl (C=O) groups excluding carboxylic acids is 1. The zero-order valence-electron chi connectivity index (χ0n) is 9.22. The van der Waals surface area contributed by atoms with Crippen molar-refractivity contribution in [1.29, 1.82) is 0 Å². The lowest BCUT2D eigenvalue weighted by atomic mass is 10.2. The van der Waals surface area contributed by atoms with E-state index in [9.17, 15) is 4.79 Å². The molecule has 2 nitrogen and oxygen atoms in total. The molecular formula is C12H15NOS2. The first-order valence-corrected chi connectivity index (χ1v) is 6.87. The fourth-order valence-corrected chi connectivity index (χ4v) is 3.10. The molecule has 0 N–H and O–H groups in total. The second-order valence-electron chi connectivity index (χ2n) is 3.95. The molecule has 1 amide bonds. The molecule has 1 fully saturated rings. The van der Waals surface area contributed by atoms with E-state index in [4.69, 9.17) is 0 Å². The summed E-state index contributed by atoms with van der Waals surface area (Å²) in [6.45, 7) is 3.85. The van der Waals surface area contributed by atoms with Crippen molar-refractivity contribution in [2.45, 2.75) is 17.1 Å². The third-order valence-electron chi connectivity index (χ3n) is 2.66. The lowest BCUT2D eigenvalue weighted by Gasteiger charge is -2.30. The fourth-order valence-electron chi connectivity index (χ4n) is 1.83. The van der Waals surface area contributed by atoms with Crippen LogP contribution in [0.5, 0.6) is 0 Å². The molecule has 0 radical (unpaired) electrons. The van der Waals surface area contributed by atoms with Gasteiger partial charge in [-0.3, -0.25) is 4.79 Å². The average molecular weight is 253 g/mol. The molecule has 0 aliphatic carbocycles. The van der Waals surface area contributed by atoms with E-state index in [2.05, 4.69) is 19.6 Å². The summed E-state index contributed by atoms with van der Waals surface area (Å²) in [7, 11) is 0. The van der Waals surface area contributed by atoms with Crippen LogP contribution < -0.4 is 0 Å². The first-order chi connectivity index (χ1) is 7.68. The molecule has 86 valence electrons. The van der Waals surface area contributed by atoms with E-state index in [1.807, 2.05) is 40.9 Å². The minimum atomic E-state index is 0.109. The van der Waals surface area contributed by atoms with Gasteiger partial charge in [-0.25, -0.2) is 0 Å². The SMILES string of the molecule is CC1CN(C(=O)c2ccccc2S)CCS1. The summed E-state index contributed by atoms with van der Waals surface area (Å²) in [6, 6.07) is 7.48. The minimum absolute atomic E-state index is 0.109. The zero-order chi connectivity index (χ0) is 11.5. The largest absolute Gasteiger partial charge is 0.337 e. The number of carbonyl (C=O) groups is 1. The minimum Gasteiger partial charge on any atom is -0.337 e. The van der Waals surface area contributed by atoms with Gasteiger partial charge in [-0.2, -0.15) is 11.8 Å². The number of thioether (sulfide) groups is 1. The Labute approximate surface area is 106 Å². The molecule has 0 saturated carbocycles. The average Bonchev–Trinajstić information content (AvgIpc) is 2.29. The van der Waals surface area contributed by atoms with Crippen LogP contribution in [-0.4, -0.2) is 34.9 Å². The van der Waals surface area contributed by atoms with Crippen LogP contribution in [0.25, 0.3) is 0 Å². The van der Waals surface area contributed by atoms with E-state index in [-0.39, 0.29) is 5.91 Å². The van der Waals surface area contributed by atoms with Crippen molar-refractivity contribution < 1.29 is 4.79 Å².